The molecule has 16 heavy (non-hydrogen) atoms. The largest absolute Gasteiger partial charge is 0.497 e. The number of imidazole rings is 1. The van der Waals surface area contributed by atoms with E-state index in [1.54, 1.807) is 7.11 Å². The van der Waals surface area contributed by atoms with E-state index in [-0.39, 0.29) is 7.43 Å². The Morgan fingerprint density at radius 1 is 1.25 bits per heavy atom. The van der Waals surface area contributed by atoms with Crippen molar-refractivity contribution in [1.29, 1.82) is 0 Å². The molecule has 1 aromatic heterocycles. The van der Waals surface area contributed by atoms with Crippen LogP contribution in [-0.2, 0) is 0 Å². The van der Waals surface area contributed by atoms with Crippen molar-refractivity contribution in [3.63, 3.8) is 0 Å². The number of aryl methyl sites for hydroxylation is 2. The second kappa shape index (κ2) is 4.84. The second-order valence-electron chi connectivity index (χ2n) is 3.53. The third kappa shape index (κ3) is 2.24. The van der Waals surface area contributed by atoms with E-state index in [1.807, 2.05) is 38.1 Å². The monoisotopic (exact) mass is 218 g/mol. The third-order valence-electron chi connectivity index (χ3n) is 2.47. The molecular formula is C13H18N2O. The van der Waals surface area contributed by atoms with Crippen molar-refractivity contribution < 1.29 is 4.74 Å². The van der Waals surface area contributed by atoms with Crippen molar-refractivity contribution >= 4 is 0 Å². The fourth-order valence-corrected chi connectivity index (χ4v) is 1.45. The molecule has 2 rings (SSSR count). The van der Waals surface area contributed by atoms with E-state index in [4.69, 9.17) is 4.74 Å². The molecule has 0 aliphatic heterocycles. The minimum absolute atomic E-state index is 0. The van der Waals surface area contributed by atoms with Crippen molar-refractivity contribution in [1.82, 2.24) is 9.97 Å². The van der Waals surface area contributed by atoms with E-state index in [1.165, 1.54) is 0 Å². The molecule has 0 saturated carbocycles. The first-order valence-electron chi connectivity index (χ1n) is 4.88. The van der Waals surface area contributed by atoms with Gasteiger partial charge in [-0.1, -0.05) is 19.6 Å². The van der Waals surface area contributed by atoms with Crippen molar-refractivity contribution in [2.45, 2.75) is 21.3 Å². The normalized spacial score (nSPS) is 9.69. The summed E-state index contributed by atoms with van der Waals surface area (Å²) in [5.41, 5.74) is 3.19. The Balaban J connectivity index is 0.00000128. The minimum atomic E-state index is 0. The van der Waals surface area contributed by atoms with Crippen LogP contribution in [0.5, 0.6) is 5.75 Å². The molecule has 0 radical (unpaired) electrons. The molecule has 0 unspecified atom stereocenters. The fourth-order valence-electron chi connectivity index (χ4n) is 1.45. The maximum atomic E-state index is 5.17. The van der Waals surface area contributed by atoms with Crippen LogP contribution in [0, 0.1) is 13.8 Å². The molecule has 1 N–H and O–H groups in total. The smallest absolute Gasteiger partial charge is 0.137 e. The van der Waals surface area contributed by atoms with Gasteiger partial charge in [-0.3, -0.25) is 0 Å². The molecule has 3 heteroatoms. The van der Waals surface area contributed by atoms with Gasteiger partial charge in [0.15, 0.2) is 0 Å². The maximum absolute atomic E-state index is 5.17. The van der Waals surface area contributed by atoms with E-state index >= 15 is 0 Å². The van der Waals surface area contributed by atoms with Gasteiger partial charge in [0, 0.05) is 11.3 Å². The van der Waals surface area contributed by atoms with Crippen LogP contribution in [0.15, 0.2) is 24.3 Å². The second-order valence-corrected chi connectivity index (χ2v) is 3.53. The predicted octanol–water partition coefficient (Wildman–Crippen LogP) is 3.34. The summed E-state index contributed by atoms with van der Waals surface area (Å²) in [5, 5.41) is 0. The molecule has 0 bridgehead atoms. The number of hydrogen-bond acceptors (Lipinski definition) is 2. The van der Waals surface area contributed by atoms with Crippen LogP contribution in [0.25, 0.3) is 11.4 Å². The molecule has 1 heterocycles. The van der Waals surface area contributed by atoms with Crippen LogP contribution in [0.2, 0.25) is 0 Å². The average Bonchev–Trinajstić information content (AvgIpc) is 2.59. The molecule has 0 aliphatic rings. The van der Waals surface area contributed by atoms with Gasteiger partial charge in [-0.2, -0.15) is 0 Å². The van der Waals surface area contributed by atoms with E-state index in [0.29, 0.717) is 0 Å². The molecule has 0 spiro atoms. The summed E-state index contributed by atoms with van der Waals surface area (Å²) in [4.78, 5) is 7.69. The van der Waals surface area contributed by atoms with E-state index in [0.717, 1.165) is 28.5 Å². The van der Waals surface area contributed by atoms with Crippen molar-refractivity contribution in [3.8, 4) is 17.1 Å². The van der Waals surface area contributed by atoms with E-state index < -0.39 is 0 Å². The molecule has 0 fully saturated rings. The number of methoxy groups -OCH3 is 1. The average molecular weight is 218 g/mol. The lowest BCUT2D eigenvalue weighted by Gasteiger charge is -2.01. The first-order valence-corrected chi connectivity index (χ1v) is 4.88. The van der Waals surface area contributed by atoms with Gasteiger partial charge < -0.3 is 9.72 Å². The lowest BCUT2D eigenvalue weighted by Crippen LogP contribution is -1.85. The number of hydrogen-bond donors (Lipinski definition) is 1. The van der Waals surface area contributed by atoms with Crippen LogP contribution >= 0.6 is 0 Å². The van der Waals surface area contributed by atoms with Gasteiger partial charge in [0.2, 0.25) is 0 Å². The van der Waals surface area contributed by atoms with Gasteiger partial charge in [-0.25, -0.2) is 4.98 Å². The SMILES string of the molecule is C.COc1cccc(-c2nc(C)c(C)[nH]2)c1. The Bertz CT molecular complexity index is 455. The maximum Gasteiger partial charge on any atom is 0.137 e. The van der Waals surface area contributed by atoms with Crippen LogP contribution in [-0.4, -0.2) is 17.1 Å². The highest BCUT2D eigenvalue weighted by atomic mass is 16.5. The number of nitrogens with zero attached hydrogens (tertiary/aromatic N) is 1. The van der Waals surface area contributed by atoms with Crippen LogP contribution in [0.4, 0.5) is 0 Å². The highest BCUT2D eigenvalue weighted by molar-refractivity contribution is 5.58. The lowest BCUT2D eigenvalue weighted by molar-refractivity contribution is 0.415. The van der Waals surface area contributed by atoms with Gasteiger partial charge in [0.1, 0.15) is 11.6 Å². The topological polar surface area (TPSA) is 37.9 Å². The molecule has 0 saturated heterocycles. The highest BCUT2D eigenvalue weighted by Crippen LogP contribution is 2.22. The Morgan fingerprint density at radius 2 is 2.00 bits per heavy atom. The standard InChI is InChI=1S/C12H14N2O.CH4/c1-8-9(2)14-12(13-8)10-5-4-6-11(7-10)15-3;/h4-7H,1-3H3,(H,13,14);1H4. The van der Waals surface area contributed by atoms with Gasteiger partial charge in [-0.05, 0) is 26.0 Å². The Kier molecular flexibility index (Phi) is 3.72. The number of rotatable bonds is 2. The number of nitrogens with one attached hydrogen (secondary N) is 1. The molecule has 2 aromatic rings. The summed E-state index contributed by atoms with van der Waals surface area (Å²) in [7, 11) is 1.66. The number of aromatic amines is 1. The number of aromatic nitrogens is 2. The third-order valence-corrected chi connectivity index (χ3v) is 2.47. The first-order chi connectivity index (χ1) is 7.20. The van der Waals surface area contributed by atoms with Crippen LogP contribution < -0.4 is 4.74 Å². The molecular weight excluding hydrogens is 200 g/mol. The molecule has 1 aromatic carbocycles. The number of ether oxygens (including phenoxy) is 1. The van der Waals surface area contributed by atoms with Crippen molar-refractivity contribution in [2.24, 2.45) is 0 Å². The minimum Gasteiger partial charge on any atom is -0.497 e. The summed E-state index contributed by atoms with van der Waals surface area (Å²) in [6.45, 7) is 4.02. The summed E-state index contributed by atoms with van der Waals surface area (Å²) < 4.78 is 5.17. The predicted molar refractivity (Wildman–Crippen MR) is 66.8 cm³/mol. The molecule has 0 atom stereocenters. The zero-order valence-corrected chi connectivity index (χ0v) is 9.16. The van der Waals surface area contributed by atoms with Crippen molar-refractivity contribution in [3.05, 3.63) is 35.7 Å². The van der Waals surface area contributed by atoms with Gasteiger partial charge in [0.25, 0.3) is 0 Å². The number of benzene rings is 1. The summed E-state index contributed by atoms with van der Waals surface area (Å²) in [6, 6.07) is 7.87. The first kappa shape index (κ1) is 12.3. The van der Waals surface area contributed by atoms with E-state index in [2.05, 4.69) is 9.97 Å². The fraction of sp³-hybridized carbons (Fsp3) is 0.308. The molecule has 0 amide bonds. The zero-order valence-electron chi connectivity index (χ0n) is 9.16. The summed E-state index contributed by atoms with van der Waals surface area (Å²) >= 11 is 0. The molecule has 0 aliphatic carbocycles. The number of H-pyrrole nitrogens is 1. The Morgan fingerprint density at radius 3 is 2.56 bits per heavy atom. The summed E-state index contributed by atoms with van der Waals surface area (Å²) in [5.74, 6) is 1.74. The summed E-state index contributed by atoms with van der Waals surface area (Å²) in [6.07, 6.45) is 0. The van der Waals surface area contributed by atoms with Crippen molar-refractivity contribution in [2.75, 3.05) is 7.11 Å². The Labute approximate surface area is 96.5 Å². The highest BCUT2D eigenvalue weighted by Gasteiger charge is 2.05. The molecule has 86 valence electrons. The van der Waals surface area contributed by atoms with Crippen LogP contribution in [0.3, 0.4) is 0 Å². The van der Waals surface area contributed by atoms with Gasteiger partial charge in [0.05, 0.1) is 12.8 Å². The van der Waals surface area contributed by atoms with Gasteiger partial charge >= 0.3 is 0 Å². The van der Waals surface area contributed by atoms with Crippen LogP contribution in [0.1, 0.15) is 18.8 Å². The zero-order chi connectivity index (χ0) is 10.8. The van der Waals surface area contributed by atoms with Gasteiger partial charge in [-0.15, -0.1) is 0 Å². The Hall–Kier alpha value is -1.77. The molecule has 3 nitrogen and oxygen atoms in total. The lowest BCUT2D eigenvalue weighted by atomic mass is 10.2. The quantitative estimate of drug-likeness (QED) is 0.839. The van der Waals surface area contributed by atoms with E-state index in [9.17, 15) is 0 Å².